The monoisotopic (exact) mass is 301 g/mol. The maximum atomic E-state index is 11.3. The molecule has 0 heterocycles. The lowest BCUT2D eigenvalue weighted by atomic mass is 9.63. The Morgan fingerprint density at radius 2 is 1.70 bits per heavy atom. The Hall–Kier alpha value is -0.0900. The molecular weight excluding hydrogens is 270 g/mol. The van der Waals surface area contributed by atoms with Gasteiger partial charge in [0.1, 0.15) is 9.84 Å². The average molecular weight is 301 g/mol. The molecule has 2 fully saturated rings. The molecule has 2 N–H and O–H groups in total. The van der Waals surface area contributed by atoms with Crippen molar-refractivity contribution in [1.82, 2.24) is 0 Å². The van der Waals surface area contributed by atoms with E-state index in [1.165, 1.54) is 57.6 Å². The van der Waals surface area contributed by atoms with E-state index >= 15 is 0 Å². The molecule has 0 saturated heterocycles. The molecular formula is C16H31NO2S. The molecule has 2 aliphatic carbocycles. The number of hydrogen-bond acceptors (Lipinski definition) is 3. The van der Waals surface area contributed by atoms with Gasteiger partial charge in [-0.15, -0.1) is 0 Å². The molecule has 0 aromatic heterocycles. The number of hydrogen-bond donors (Lipinski definition) is 1. The topological polar surface area (TPSA) is 60.2 Å². The summed E-state index contributed by atoms with van der Waals surface area (Å²) in [6.07, 6.45) is 14.6. The van der Waals surface area contributed by atoms with Crippen molar-refractivity contribution >= 4 is 9.84 Å². The zero-order valence-electron chi connectivity index (χ0n) is 12.9. The second-order valence-corrected chi connectivity index (χ2v) is 9.48. The third-order valence-electron chi connectivity index (χ3n) is 5.52. The van der Waals surface area contributed by atoms with E-state index in [1.807, 2.05) is 0 Å². The SMILES string of the molecule is CS(=O)(=O)CCCC1(N)CCCCC1C1CCCCC1. The Balaban J connectivity index is 1.96. The molecule has 3 nitrogen and oxygen atoms in total. The van der Waals surface area contributed by atoms with Gasteiger partial charge in [0.05, 0.1) is 0 Å². The Bertz CT molecular complexity index is 401. The fraction of sp³-hybridized carbons (Fsp3) is 1.00. The van der Waals surface area contributed by atoms with Crippen molar-refractivity contribution in [1.29, 1.82) is 0 Å². The first-order valence-corrected chi connectivity index (χ1v) is 10.4. The van der Waals surface area contributed by atoms with Crippen LogP contribution in [0.3, 0.4) is 0 Å². The molecule has 4 heteroatoms. The van der Waals surface area contributed by atoms with Crippen molar-refractivity contribution in [2.24, 2.45) is 17.6 Å². The van der Waals surface area contributed by atoms with Crippen LogP contribution in [0.15, 0.2) is 0 Å². The Morgan fingerprint density at radius 1 is 1.05 bits per heavy atom. The molecule has 0 aromatic rings. The van der Waals surface area contributed by atoms with Crippen LogP contribution in [0.5, 0.6) is 0 Å². The van der Waals surface area contributed by atoms with Gasteiger partial charge in [0.2, 0.25) is 0 Å². The Kier molecular flexibility index (Phi) is 5.52. The summed E-state index contributed by atoms with van der Waals surface area (Å²) >= 11 is 0. The van der Waals surface area contributed by atoms with Crippen molar-refractivity contribution in [3.8, 4) is 0 Å². The van der Waals surface area contributed by atoms with Crippen LogP contribution < -0.4 is 5.73 Å². The zero-order valence-corrected chi connectivity index (χ0v) is 13.8. The van der Waals surface area contributed by atoms with E-state index in [1.54, 1.807) is 0 Å². The number of sulfone groups is 1. The molecule has 0 amide bonds. The summed E-state index contributed by atoms with van der Waals surface area (Å²) in [5, 5.41) is 0. The normalized spacial score (nSPS) is 33.2. The van der Waals surface area contributed by atoms with Gasteiger partial charge in [-0.25, -0.2) is 8.42 Å². The molecule has 0 aromatic carbocycles. The van der Waals surface area contributed by atoms with Crippen LogP contribution in [-0.2, 0) is 9.84 Å². The van der Waals surface area contributed by atoms with Gasteiger partial charge in [-0.05, 0) is 37.5 Å². The molecule has 0 aliphatic heterocycles. The number of nitrogens with two attached hydrogens (primary N) is 1. The van der Waals surface area contributed by atoms with E-state index in [-0.39, 0.29) is 5.54 Å². The standard InChI is InChI=1S/C16H31NO2S/c1-20(18,19)13-7-12-16(17)11-6-5-10-15(16)14-8-3-2-4-9-14/h14-15H,2-13,17H2,1H3. The van der Waals surface area contributed by atoms with E-state index in [4.69, 9.17) is 5.73 Å². The van der Waals surface area contributed by atoms with Gasteiger partial charge in [0.25, 0.3) is 0 Å². The maximum Gasteiger partial charge on any atom is 0.147 e. The first-order valence-electron chi connectivity index (χ1n) is 8.37. The van der Waals surface area contributed by atoms with Gasteiger partial charge >= 0.3 is 0 Å². The smallest absolute Gasteiger partial charge is 0.147 e. The summed E-state index contributed by atoms with van der Waals surface area (Å²) in [6, 6.07) is 0. The lowest BCUT2D eigenvalue weighted by Gasteiger charge is -2.46. The second kappa shape index (κ2) is 6.78. The predicted molar refractivity (Wildman–Crippen MR) is 84.4 cm³/mol. The molecule has 0 bridgehead atoms. The average Bonchev–Trinajstić information content (AvgIpc) is 2.38. The summed E-state index contributed by atoms with van der Waals surface area (Å²) in [4.78, 5) is 0. The highest BCUT2D eigenvalue weighted by atomic mass is 32.2. The fourth-order valence-electron chi connectivity index (χ4n) is 4.51. The van der Waals surface area contributed by atoms with Gasteiger partial charge in [-0.3, -0.25) is 0 Å². The van der Waals surface area contributed by atoms with Crippen LogP contribution in [0.2, 0.25) is 0 Å². The van der Waals surface area contributed by atoms with Gasteiger partial charge < -0.3 is 5.73 Å². The van der Waals surface area contributed by atoms with E-state index in [2.05, 4.69) is 0 Å². The fourth-order valence-corrected chi connectivity index (χ4v) is 5.18. The van der Waals surface area contributed by atoms with Crippen LogP contribution in [0.25, 0.3) is 0 Å². The summed E-state index contributed by atoms with van der Waals surface area (Å²) < 4.78 is 22.6. The van der Waals surface area contributed by atoms with Gasteiger partial charge in [-0.1, -0.05) is 44.9 Å². The molecule has 2 atom stereocenters. The molecule has 118 valence electrons. The lowest BCUT2D eigenvalue weighted by Crippen LogP contribution is -2.52. The van der Waals surface area contributed by atoms with Crippen molar-refractivity contribution in [3.63, 3.8) is 0 Å². The Labute approximate surface area is 124 Å². The largest absolute Gasteiger partial charge is 0.325 e. The highest BCUT2D eigenvalue weighted by Gasteiger charge is 2.41. The number of rotatable bonds is 5. The highest BCUT2D eigenvalue weighted by Crippen LogP contribution is 2.44. The van der Waals surface area contributed by atoms with Crippen molar-refractivity contribution < 1.29 is 8.42 Å². The second-order valence-electron chi connectivity index (χ2n) is 7.22. The van der Waals surface area contributed by atoms with Crippen molar-refractivity contribution in [2.75, 3.05) is 12.0 Å². The van der Waals surface area contributed by atoms with Crippen LogP contribution in [0, 0.1) is 11.8 Å². The van der Waals surface area contributed by atoms with E-state index in [9.17, 15) is 8.42 Å². The van der Waals surface area contributed by atoms with Crippen LogP contribution in [0.1, 0.15) is 70.6 Å². The summed E-state index contributed by atoms with van der Waals surface area (Å²) in [5.41, 5.74) is 6.68. The Morgan fingerprint density at radius 3 is 2.35 bits per heavy atom. The van der Waals surface area contributed by atoms with Crippen LogP contribution in [0.4, 0.5) is 0 Å². The molecule has 2 aliphatic rings. The molecule has 2 saturated carbocycles. The minimum absolute atomic E-state index is 0.0923. The quantitative estimate of drug-likeness (QED) is 0.847. The summed E-state index contributed by atoms with van der Waals surface area (Å²) in [7, 11) is -2.85. The minimum Gasteiger partial charge on any atom is -0.325 e. The summed E-state index contributed by atoms with van der Waals surface area (Å²) in [6.45, 7) is 0. The minimum atomic E-state index is -2.85. The molecule has 0 spiro atoms. The van der Waals surface area contributed by atoms with Crippen LogP contribution >= 0.6 is 0 Å². The van der Waals surface area contributed by atoms with E-state index < -0.39 is 9.84 Å². The maximum absolute atomic E-state index is 11.3. The first kappa shape index (κ1) is 16.3. The highest BCUT2D eigenvalue weighted by molar-refractivity contribution is 7.90. The predicted octanol–water partition coefficient (Wildman–Crippen LogP) is 3.28. The lowest BCUT2D eigenvalue weighted by molar-refractivity contribution is 0.0925. The van der Waals surface area contributed by atoms with E-state index in [0.29, 0.717) is 11.7 Å². The van der Waals surface area contributed by atoms with Crippen molar-refractivity contribution in [3.05, 3.63) is 0 Å². The third kappa shape index (κ3) is 4.45. The zero-order chi connectivity index (χ0) is 14.6. The third-order valence-corrected chi connectivity index (χ3v) is 6.55. The van der Waals surface area contributed by atoms with Crippen LogP contribution in [-0.4, -0.2) is 26.0 Å². The molecule has 2 rings (SSSR count). The van der Waals surface area contributed by atoms with Gasteiger partial charge in [0, 0.05) is 17.5 Å². The summed E-state index contributed by atoms with van der Waals surface area (Å²) in [5.74, 6) is 1.73. The molecule has 0 radical (unpaired) electrons. The van der Waals surface area contributed by atoms with Gasteiger partial charge in [0.15, 0.2) is 0 Å². The first-order chi connectivity index (χ1) is 9.41. The van der Waals surface area contributed by atoms with E-state index in [0.717, 1.165) is 25.2 Å². The van der Waals surface area contributed by atoms with Gasteiger partial charge in [-0.2, -0.15) is 0 Å². The molecule has 20 heavy (non-hydrogen) atoms. The molecule has 2 unspecified atom stereocenters. The van der Waals surface area contributed by atoms with Crippen molar-refractivity contribution in [2.45, 2.75) is 76.2 Å².